The van der Waals surface area contributed by atoms with Crippen molar-refractivity contribution < 1.29 is 18.8 Å². The Kier molecular flexibility index (Phi) is 7.53. The lowest BCUT2D eigenvalue weighted by Crippen LogP contribution is -2.20. The molecule has 0 atom stereocenters. The summed E-state index contributed by atoms with van der Waals surface area (Å²) in [5, 5.41) is 11.7. The van der Waals surface area contributed by atoms with Gasteiger partial charge in [-0.3, -0.25) is 15.0 Å². The molecule has 4 aromatic heterocycles. The molecule has 0 bridgehead atoms. The quantitative estimate of drug-likeness (QED) is 0.178. The number of amides is 1. The van der Waals surface area contributed by atoms with Crippen molar-refractivity contribution in [1.29, 1.82) is 0 Å². The molecule has 5 rings (SSSR count). The van der Waals surface area contributed by atoms with Gasteiger partial charge in [0.25, 0.3) is 5.91 Å². The lowest BCUT2D eigenvalue weighted by molar-refractivity contribution is 0.0700. The van der Waals surface area contributed by atoms with Crippen molar-refractivity contribution in [3.05, 3.63) is 83.7 Å². The molecule has 41 heavy (non-hydrogen) atoms. The lowest BCUT2D eigenvalue weighted by atomic mass is 10.1. The van der Waals surface area contributed by atoms with Crippen LogP contribution in [0.3, 0.4) is 0 Å². The predicted molar refractivity (Wildman–Crippen MR) is 149 cm³/mol. The molecule has 5 aromatic rings. The molecule has 4 heterocycles. The SMILES string of the molecule is Cc1nc2c(F)cc(-c3nc(Nc4ccc(N(C)Cc5ccc(C(=O)NO)nc5)cn4)ncc3F)cc2n1C(C)C. The Balaban J connectivity index is 1.33. The normalized spacial score (nSPS) is 11.2. The monoisotopic (exact) mass is 559 g/mol. The van der Waals surface area contributed by atoms with E-state index in [2.05, 4.69) is 30.2 Å². The molecule has 210 valence electrons. The molecular formula is C28H27F2N9O2. The van der Waals surface area contributed by atoms with Crippen LogP contribution < -0.4 is 15.7 Å². The van der Waals surface area contributed by atoms with Gasteiger partial charge in [-0.15, -0.1) is 0 Å². The first kappa shape index (κ1) is 27.5. The summed E-state index contributed by atoms with van der Waals surface area (Å²) in [4.78, 5) is 34.5. The van der Waals surface area contributed by atoms with Crippen molar-refractivity contribution in [1.82, 2.24) is 35.0 Å². The standard InChI is InChI=1S/C28H27F2N9O2/c1-15(2)39-16(3)34-26-20(29)9-18(10-23(26)39)25-21(30)13-33-28(36-25)35-24-8-6-19(12-32-24)38(4)14-17-5-7-22(31-11-17)27(40)37-41/h5-13,15,41H,14H2,1-4H3,(H,37,40)(H,32,33,35,36). The molecule has 0 radical (unpaired) electrons. The molecule has 1 amide bonds. The van der Waals surface area contributed by atoms with E-state index in [4.69, 9.17) is 5.21 Å². The second-order valence-electron chi connectivity index (χ2n) is 9.71. The van der Waals surface area contributed by atoms with Crippen LogP contribution in [0.5, 0.6) is 0 Å². The Morgan fingerprint density at radius 3 is 2.49 bits per heavy atom. The summed E-state index contributed by atoms with van der Waals surface area (Å²) in [6.07, 6.45) is 4.23. The van der Waals surface area contributed by atoms with Crippen molar-refractivity contribution in [2.45, 2.75) is 33.4 Å². The van der Waals surface area contributed by atoms with Gasteiger partial charge in [-0.25, -0.2) is 34.2 Å². The number of aromatic nitrogens is 6. The van der Waals surface area contributed by atoms with Crippen molar-refractivity contribution in [2.24, 2.45) is 0 Å². The Morgan fingerprint density at radius 2 is 1.83 bits per heavy atom. The molecule has 3 N–H and O–H groups in total. The van der Waals surface area contributed by atoms with Gasteiger partial charge in [0, 0.05) is 31.4 Å². The maximum atomic E-state index is 15.0. The lowest BCUT2D eigenvalue weighted by Gasteiger charge is -2.19. The molecule has 0 fully saturated rings. The van der Waals surface area contributed by atoms with E-state index in [0.29, 0.717) is 23.7 Å². The first-order valence-corrected chi connectivity index (χ1v) is 12.7. The highest BCUT2D eigenvalue weighted by Crippen LogP contribution is 2.30. The summed E-state index contributed by atoms with van der Waals surface area (Å²) >= 11 is 0. The van der Waals surface area contributed by atoms with Crippen LogP contribution >= 0.6 is 0 Å². The number of hydrogen-bond donors (Lipinski definition) is 3. The minimum Gasteiger partial charge on any atom is -0.369 e. The average molecular weight is 560 g/mol. The summed E-state index contributed by atoms with van der Waals surface area (Å²) in [6.45, 7) is 6.23. The summed E-state index contributed by atoms with van der Waals surface area (Å²) in [6, 6.07) is 9.75. The highest BCUT2D eigenvalue weighted by Gasteiger charge is 2.18. The topological polar surface area (TPSA) is 134 Å². The maximum Gasteiger partial charge on any atom is 0.293 e. The number of halogens is 2. The van der Waals surface area contributed by atoms with Gasteiger partial charge in [0.05, 0.1) is 23.6 Å². The third-order valence-corrected chi connectivity index (χ3v) is 6.47. The van der Waals surface area contributed by atoms with Gasteiger partial charge in [0.2, 0.25) is 5.95 Å². The van der Waals surface area contributed by atoms with Crippen LogP contribution in [0.2, 0.25) is 0 Å². The summed E-state index contributed by atoms with van der Waals surface area (Å²) < 4.78 is 31.7. The number of hydroxylamine groups is 1. The van der Waals surface area contributed by atoms with Crippen LogP contribution in [-0.2, 0) is 6.54 Å². The number of aryl methyl sites for hydroxylation is 1. The number of anilines is 3. The first-order valence-electron chi connectivity index (χ1n) is 12.7. The number of nitrogens with zero attached hydrogens (tertiary/aromatic N) is 7. The Hall–Kier alpha value is -5.04. The molecule has 1 aromatic carbocycles. The van der Waals surface area contributed by atoms with Crippen LogP contribution in [0, 0.1) is 18.6 Å². The van der Waals surface area contributed by atoms with Gasteiger partial charge in [-0.1, -0.05) is 6.07 Å². The predicted octanol–water partition coefficient (Wildman–Crippen LogP) is 4.95. The second-order valence-corrected chi connectivity index (χ2v) is 9.71. The highest BCUT2D eigenvalue weighted by atomic mass is 19.1. The van der Waals surface area contributed by atoms with Crippen molar-refractivity contribution in [3.8, 4) is 11.3 Å². The van der Waals surface area contributed by atoms with E-state index in [1.54, 1.807) is 43.0 Å². The molecule has 0 aliphatic rings. The number of fused-ring (bicyclic) bond motifs is 1. The van der Waals surface area contributed by atoms with E-state index < -0.39 is 17.5 Å². The highest BCUT2D eigenvalue weighted by molar-refractivity contribution is 5.91. The van der Waals surface area contributed by atoms with Crippen molar-refractivity contribution in [2.75, 3.05) is 17.3 Å². The van der Waals surface area contributed by atoms with E-state index in [1.165, 1.54) is 12.1 Å². The van der Waals surface area contributed by atoms with E-state index in [9.17, 15) is 13.6 Å². The number of imidazole rings is 1. The Labute approximate surface area is 233 Å². The van der Waals surface area contributed by atoms with E-state index in [-0.39, 0.29) is 34.5 Å². The number of rotatable bonds is 8. The van der Waals surface area contributed by atoms with Gasteiger partial charge in [0.15, 0.2) is 11.6 Å². The number of carbonyl (C=O) groups excluding carboxylic acids is 1. The van der Waals surface area contributed by atoms with Crippen LogP contribution in [-0.4, -0.2) is 47.6 Å². The van der Waals surface area contributed by atoms with Gasteiger partial charge in [-0.2, -0.15) is 0 Å². The van der Waals surface area contributed by atoms with Gasteiger partial charge in [-0.05, 0) is 56.7 Å². The number of benzene rings is 1. The van der Waals surface area contributed by atoms with Gasteiger partial charge < -0.3 is 14.8 Å². The molecule has 0 saturated heterocycles. The fourth-order valence-electron chi connectivity index (χ4n) is 4.56. The largest absolute Gasteiger partial charge is 0.369 e. The number of carbonyl (C=O) groups is 1. The average Bonchev–Trinajstić information content (AvgIpc) is 3.31. The molecule has 0 saturated carbocycles. The van der Waals surface area contributed by atoms with E-state index in [1.807, 2.05) is 36.4 Å². The molecular weight excluding hydrogens is 532 g/mol. The maximum absolute atomic E-state index is 15.0. The molecule has 0 unspecified atom stereocenters. The van der Waals surface area contributed by atoms with Gasteiger partial charge >= 0.3 is 0 Å². The fraction of sp³-hybridized carbons (Fsp3) is 0.214. The third-order valence-electron chi connectivity index (χ3n) is 6.47. The zero-order valence-electron chi connectivity index (χ0n) is 22.7. The summed E-state index contributed by atoms with van der Waals surface area (Å²) in [5.74, 6) is -0.741. The summed E-state index contributed by atoms with van der Waals surface area (Å²) in [5.41, 5.74) is 4.30. The van der Waals surface area contributed by atoms with Crippen LogP contribution in [0.25, 0.3) is 22.3 Å². The minimum absolute atomic E-state index is 0.0347. The van der Waals surface area contributed by atoms with Crippen LogP contribution in [0.1, 0.15) is 41.8 Å². The number of hydrogen-bond acceptors (Lipinski definition) is 9. The molecule has 11 nitrogen and oxygen atoms in total. The van der Waals surface area contributed by atoms with E-state index >= 15 is 0 Å². The number of pyridine rings is 2. The number of nitrogens with one attached hydrogen (secondary N) is 2. The zero-order chi connectivity index (χ0) is 29.3. The van der Waals surface area contributed by atoms with Crippen LogP contribution in [0.4, 0.5) is 26.2 Å². The molecule has 0 aliphatic carbocycles. The Bertz CT molecular complexity index is 1720. The van der Waals surface area contributed by atoms with Gasteiger partial charge in [0.1, 0.15) is 28.5 Å². The third kappa shape index (κ3) is 5.65. The second kappa shape index (κ2) is 11.2. The van der Waals surface area contributed by atoms with E-state index in [0.717, 1.165) is 17.4 Å². The zero-order valence-corrected chi connectivity index (χ0v) is 22.7. The minimum atomic E-state index is -0.689. The van der Waals surface area contributed by atoms with Crippen LogP contribution in [0.15, 0.2) is 55.0 Å². The summed E-state index contributed by atoms with van der Waals surface area (Å²) in [7, 11) is 1.87. The van der Waals surface area contributed by atoms with Crippen molar-refractivity contribution in [3.63, 3.8) is 0 Å². The smallest absolute Gasteiger partial charge is 0.293 e. The molecule has 0 spiro atoms. The first-order chi connectivity index (χ1) is 19.6. The Morgan fingerprint density at radius 1 is 1.02 bits per heavy atom. The van der Waals surface area contributed by atoms with Crippen molar-refractivity contribution >= 4 is 34.4 Å². The molecule has 0 aliphatic heterocycles. The fourth-order valence-corrected chi connectivity index (χ4v) is 4.56. The molecule has 13 heteroatoms.